The van der Waals surface area contributed by atoms with Crippen LogP contribution in [0.2, 0.25) is 0 Å². The van der Waals surface area contributed by atoms with Crippen LogP contribution in [0.25, 0.3) is 0 Å². The van der Waals surface area contributed by atoms with Crippen LogP contribution in [0.15, 0.2) is 24.8 Å². The number of phenols is 1. The number of hydrogen-bond acceptors (Lipinski definition) is 2. The lowest BCUT2D eigenvalue weighted by molar-refractivity contribution is 0.0810. The number of benzene rings is 1. The van der Waals surface area contributed by atoms with Crippen LogP contribution >= 0.6 is 0 Å². The number of carbonyl (C=O) groups excluding carboxylic acids is 1. The maximum atomic E-state index is 12.6. The Kier molecular flexibility index (Phi) is 5.11. The van der Waals surface area contributed by atoms with Gasteiger partial charge in [-0.2, -0.15) is 0 Å². The first-order valence-corrected chi connectivity index (χ1v) is 7.64. The quantitative estimate of drug-likeness (QED) is 0.848. The van der Waals surface area contributed by atoms with Crippen molar-refractivity contribution in [1.29, 1.82) is 0 Å². The number of amides is 1. The second kappa shape index (κ2) is 6.15. The fraction of sp³-hybridized carbons (Fsp3) is 0.526. The molecular weight excluding hydrogens is 274 g/mol. The molecule has 0 atom stereocenters. The molecule has 0 aliphatic carbocycles. The fourth-order valence-electron chi connectivity index (χ4n) is 2.40. The maximum absolute atomic E-state index is 12.6. The van der Waals surface area contributed by atoms with Crippen LogP contribution in [-0.2, 0) is 10.8 Å². The second-order valence-electron chi connectivity index (χ2n) is 7.89. The monoisotopic (exact) mass is 303 g/mol. The van der Waals surface area contributed by atoms with Crippen LogP contribution in [-0.4, -0.2) is 29.5 Å². The van der Waals surface area contributed by atoms with Crippen molar-refractivity contribution in [3.05, 3.63) is 41.5 Å². The van der Waals surface area contributed by atoms with Gasteiger partial charge in [-0.3, -0.25) is 4.79 Å². The highest BCUT2D eigenvalue weighted by Crippen LogP contribution is 2.39. The molecular formula is C19H29NO2. The van der Waals surface area contributed by atoms with Crippen LogP contribution < -0.4 is 0 Å². The molecule has 1 aromatic carbocycles. The summed E-state index contributed by atoms with van der Waals surface area (Å²) in [7, 11) is 1.75. The molecule has 0 fully saturated rings. The van der Waals surface area contributed by atoms with Gasteiger partial charge in [0.1, 0.15) is 5.75 Å². The largest absolute Gasteiger partial charge is 0.507 e. The molecule has 1 amide bonds. The first-order chi connectivity index (χ1) is 9.89. The molecule has 0 saturated carbocycles. The van der Waals surface area contributed by atoms with E-state index in [1.54, 1.807) is 18.0 Å². The molecule has 3 heteroatoms. The first-order valence-electron chi connectivity index (χ1n) is 7.64. The summed E-state index contributed by atoms with van der Waals surface area (Å²) in [6, 6.07) is 3.62. The van der Waals surface area contributed by atoms with Gasteiger partial charge in [0.2, 0.25) is 0 Å². The van der Waals surface area contributed by atoms with E-state index >= 15 is 0 Å². The van der Waals surface area contributed by atoms with Crippen molar-refractivity contribution >= 4 is 5.91 Å². The van der Waals surface area contributed by atoms with Crippen molar-refractivity contribution in [2.45, 2.75) is 52.4 Å². The van der Waals surface area contributed by atoms with Gasteiger partial charge in [0.05, 0.1) is 0 Å². The number of hydrogen-bond donors (Lipinski definition) is 1. The van der Waals surface area contributed by atoms with Crippen LogP contribution in [0.3, 0.4) is 0 Å². The fourth-order valence-corrected chi connectivity index (χ4v) is 2.40. The third-order valence-corrected chi connectivity index (χ3v) is 3.72. The summed E-state index contributed by atoms with van der Waals surface area (Å²) in [5.74, 6) is 0.235. The number of nitrogens with zero attached hydrogens (tertiary/aromatic N) is 1. The van der Waals surface area contributed by atoms with E-state index in [0.717, 1.165) is 11.1 Å². The van der Waals surface area contributed by atoms with Crippen LogP contribution in [0.5, 0.6) is 5.75 Å². The molecule has 1 N–H and O–H groups in total. The van der Waals surface area contributed by atoms with Crippen LogP contribution in [0.1, 0.15) is 63.0 Å². The van der Waals surface area contributed by atoms with Gasteiger partial charge in [-0.15, -0.1) is 6.58 Å². The van der Waals surface area contributed by atoms with Gasteiger partial charge in [0.15, 0.2) is 0 Å². The average Bonchev–Trinajstić information content (AvgIpc) is 2.35. The lowest BCUT2D eigenvalue weighted by atomic mass is 9.78. The Bertz CT molecular complexity index is 539. The Morgan fingerprint density at radius 1 is 1.14 bits per heavy atom. The summed E-state index contributed by atoms with van der Waals surface area (Å²) in [5.41, 5.74) is 1.73. The molecule has 0 bridgehead atoms. The Hall–Kier alpha value is -1.77. The van der Waals surface area contributed by atoms with Crippen LogP contribution in [0.4, 0.5) is 0 Å². The second-order valence-corrected chi connectivity index (χ2v) is 7.89. The Morgan fingerprint density at radius 3 is 1.86 bits per heavy atom. The van der Waals surface area contributed by atoms with Crippen molar-refractivity contribution in [2.75, 3.05) is 13.6 Å². The smallest absolute Gasteiger partial charge is 0.253 e. The van der Waals surface area contributed by atoms with Gasteiger partial charge in [0, 0.05) is 30.3 Å². The molecule has 0 radical (unpaired) electrons. The van der Waals surface area contributed by atoms with Gasteiger partial charge < -0.3 is 10.0 Å². The SMILES string of the molecule is C=CCN(C)C(=O)c1cc(C(C)(C)C)c(O)c(C(C)(C)C)c1. The number of rotatable bonds is 3. The molecule has 0 saturated heterocycles. The summed E-state index contributed by atoms with van der Waals surface area (Å²) in [6.07, 6.45) is 1.70. The van der Waals surface area contributed by atoms with Gasteiger partial charge in [-0.05, 0) is 23.0 Å². The van der Waals surface area contributed by atoms with E-state index in [2.05, 4.69) is 6.58 Å². The summed E-state index contributed by atoms with van der Waals surface area (Å²) < 4.78 is 0. The van der Waals surface area contributed by atoms with Crippen molar-refractivity contribution in [2.24, 2.45) is 0 Å². The zero-order valence-electron chi connectivity index (χ0n) is 14.9. The summed E-state index contributed by atoms with van der Waals surface area (Å²) >= 11 is 0. The summed E-state index contributed by atoms with van der Waals surface area (Å²) in [6.45, 7) is 16.4. The maximum Gasteiger partial charge on any atom is 0.253 e. The van der Waals surface area contributed by atoms with Gasteiger partial charge in [0.25, 0.3) is 5.91 Å². The lowest BCUT2D eigenvalue weighted by Crippen LogP contribution is -2.28. The predicted octanol–water partition coefficient (Wildman–Crippen LogP) is 4.25. The molecule has 0 aliphatic rings. The predicted molar refractivity (Wildman–Crippen MR) is 92.7 cm³/mol. The van der Waals surface area contributed by atoms with Crippen molar-refractivity contribution < 1.29 is 9.90 Å². The van der Waals surface area contributed by atoms with E-state index in [-0.39, 0.29) is 16.7 Å². The van der Waals surface area contributed by atoms with E-state index in [1.807, 2.05) is 53.7 Å². The Morgan fingerprint density at radius 2 is 1.55 bits per heavy atom. The number of aromatic hydroxyl groups is 1. The highest BCUT2D eigenvalue weighted by molar-refractivity contribution is 5.95. The number of likely N-dealkylation sites (N-methyl/N-ethyl adjacent to an activating group) is 1. The average molecular weight is 303 g/mol. The minimum atomic E-state index is -0.239. The first kappa shape index (κ1) is 18.3. The molecule has 0 aliphatic heterocycles. The molecule has 0 heterocycles. The molecule has 22 heavy (non-hydrogen) atoms. The molecule has 122 valence electrons. The molecule has 0 aromatic heterocycles. The van der Waals surface area contributed by atoms with E-state index in [9.17, 15) is 9.90 Å². The van der Waals surface area contributed by atoms with Crippen molar-refractivity contribution in [3.63, 3.8) is 0 Å². The molecule has 1 aromatic rings. The Labute approximate surface area is 134 Å². The molecule has 3 nitrogen and oxygen atoms in total. The number of phenolic OH excluding ortho intramolecular Hbond substituents is 1. The minimum Gasteiger partial charge on any atom is -0.507 e. The molecule has 0 spiro atoms. The highest BCUT2D eigenvalue weighted by atomic mass is 16.3. The van der Waals surface area contributed by atoms with Crippen molar-refractivity contribution in [3.8, 4) is 5.75 Å². The highest BCUT2D eigenvalue weighted by Gasteiger charge is 2.28. The van der Waals surface area contributed by atoms with Crippen LogP contribution in [0, 0.1) is 0 Å². The summed E-state index contributed by atoms with van der Waals surface area (Å²) in [5, 5.41) is 10.7. The van der Waals surface area contributed by atoms with E-state index in [1.165, 1.54) is 0 Å². The minimum absolute atomic E-state index is 0.0594. The van der Waals surface area contributed by atoms with E-state index in [0.29, 0.717) is 17.9 Å². The zero-order chi connectivity index (χ0) is 17.3. The van der Waals surface area contributed by atoms with Gasteiger partial charge >= 0.3 is 0 Å². The molecule has 0 unspecified atom stereocenters. The van der Waals surface area contributed by atoms with Gasteiger partial charge in [-0.1, -0.05) is 47.6 Å². The van der Waals surface area contributed by atoms with E-state index in [4.69, 9.17) is 0 Å². The van der Waals surface area contributed by atoms with Crippen molar-refractivity contribution in [1.82, 2.24) is 4.90 Å². The third kappa shape index (κ3) is 3.90. The number of carbonyl (C=O) groups is 1. The topological polar surface area (TPSA) is 40.5 Å². The zero-order valence-corrected chi connectivity index (χ0v) is 14.9. The Balaban J connectivity index is 3.54. The lowest BCUT2D eigenvalue weighted by Gasteiger charge is -2.28. The standard InChI is InChI=1S/C19H29NO2/c1-9-10-20(8)17(22)13-11-14(18(2,3)4)16(21)15(12-13)19(5,6)7/h9,11-12,21H,1,10H2,2-8H3. The normalized spacial score (nSPS) is 12.1. The third-order valence-electron chi connectivity index (χ3n) is 3.72. The summed E-state index contributed by atoms with van der Waals surface area (Å²) in [4.78, 5) is 14.2. The van der Waals surface area contributed by atoms with E-state index < -0.39 is 0 Å². The van der Waals surface area contributed by atoms with Gasteiger partial charge in [-0.25, -0.2) is 0 Å². The molecule has 1 rings (SSSR count).